The largest absolute Gasteiger partial charge is 0.492 e. The number of ether oxygens (including phenoxy) is 1. The van der Waals surface area contributed by atoms with Crippen molar-refractivity contribution < 1.29 is 4.74 Å². The fourth-order valence-electron chi connectivity index (χ4n) is 2.09. The number of thioether (sulfide) groups is 1. The van der Waals surface area contributed by atoms with Gasteiger partial charge in [0, 0.05) is 10.6 Å². The summed E-state index contributed by atoms with van der Waals surface area (Å²) in [4.78, 5) is 1.28. The Labute approximate surface area is 125 Å². The Kier molecular flexibility index (Phi) is 5.96. The van der Waals surface area contributed by atoms with Crippen LogP contribution in [0.2, 0.25) is 0 Å². The van der Waals surface area contributed by atoms with E-state index < -0.39 is 0 Å². The molecule has 3 heteroatoms. The summed E-state index contributed by atoms with van der Waals surface area (Å²) in [6.45, 7) is 3.44. The van der Waals surface area contributed by atoms with Crippen LogP contribution in [0.1, 0.15) is 11.1 Å². The molecule has 0 unspecified atom stereocenters. The first kappa shape index (κ1) is 14.9. The van der Waals surface area contributed by atoms with Gasteiger partial charge in [-0.1, -0.05) is 36.4 Å². The van der Waals surface area contributed by atoms with Gasteiger partial charge in [0.05, 0.1) is 6.61 Å². The molecule has 0 bridgehead atoms. The molecule has 0 saturated carbocycles. The van der Waals surface area contributed by atoms with E-state index in [1.165, 1.54) is 16.0 Å². The van der Waals surface area contributed by atoms with Gasteiger partial charge in [0.2, 0.25) is 0 Å². The number of rotatable bonds is 7. The maximum atomic E-state index is 5.97. The number of hydrogen-bond donors (Lipinski definition) is 1. The van der Waals surface area contributed by atoms with Crippen molar-refractivity contribution in [3.05, 3.63) is 59.7 Å². The molecule has 0 aliphatic rings. The number of nitrogens with two attached hydrogens (primary N) is 1. The summed E-state index contributed by atoms with van der Waals surface area (Å²) in [5.74, 6) is 1.95. The molecule has 106 valence electrons. The van der Waals surface area contributed by atoms with Crippen LogP contribution in [0, 0.1) is 6.92 Å². The third-order valence-corrected chi connectivity index (χ3v) is 4.03. The van der Waals surface area contributed by atoms with Gasteiger partial charge >= 0.3 is 0 Å². The van der Waals surface area contributed by atoms with Crippen LogP contribution in [0.25, 0.3) is 0 Å². The molecule has 2 aromatic rings. The molecule has 0 spiro atoms. The fraction of sp³-hybridized carbons (Fsp3) is 0.294. The van der Waals surface area contributed by atoms with E-state index in [0.29, 0.717) is 13.2 Å². The highest BCUT2D eigenvalue weighted by Gasteiger charge is 2.06. The average Bonchev–Trinajstić information content (AvgIpc) is 2.47. The standard InChI is InChI=1S/C17H21NOS/c1-14-6-5-7-15(10-11-18)17(14)19-12-13-20-16-8-3-2-4-9-16/h2-9H,10-13,18H2,1H3. The minimum absolute atomic E-state index is 0.651. The van der Waals surface area contributed by atoms with Crippen molar-refractivity contribution in [2.75, 3.05) is 18.9 Å². The van der Waals surface area contributed by atoms with E-state index in [4.69, 9.17) is 10.5 Å². The van der Waals surface area contributed by atoms with Crippen LogP contribution in [-0.4, -0.2) is 18.9 Å². The third kappa shape index (κ3) is 4.29. The maximum absolute atomic E-state index is 5.97. The quantitative estimate of drug-likeness (QED) is 0.623. The van der Waals surface area contributed by atoms with Crippen molar-refractivity contribution in [1.29, 1.82) is 0 Å². The van der Waals surface area contributed by atoms with E-state index in [1.807, 2.05) is 17.8 Å². The van der Waals surface area contributed by atoms with Gasteiger partial charge in [-0.25, -0.2) is 0 Å². The van der Waals surface area contributed by atoms with Gasteiger partial charge in [-0.05, 0) is 43.1 Å². The molecule has 2 aromatic carbocycles. The first-order chi connectivity index (χ1) is 9.81. The van der Waals surface area contributed by atoms with Crippen LogP contribution in [0.5, 0.6) is 5.75 Å². The predicted octanol–water partition coefficient (Wildman–Crippen LogP) is 3.67. The monoisotopic (exact) mass is 287 g/mol. The van der Waals surface area contributed by atoms with Crippen molar-refractivity contribution >= 4 is 11.8 Å². The number of benzene rings is 2. The van der Waals surface area contributed by atoms with Gasteiger partial charge < -0.3 is 10.5 Å². The molecular formula is C17H21NOS. The minimum atomic E-state index is 0.651. The second-order valence-electron chi connectivity index (χ2n) is 4.61. The molecule has 20 heavy (non-hydrogen) atoms. The minimum Gasteiger partial charge on any atom is -0.492 e. The topological polar surface area (TPSA) is 35.2 Å². The highest BCUT2D eigenvalue weighted by atomic mass is 32.2. The average molecular weight is 287 g/mol. The van der Waals surface area contributed by atoms with Gasteiger partial charge in [0.25, 0.3) is 0 Å². The second kappa shape index (κ2) is 7.98. The Morgan fingerprint density at radius 2 is 1.85 bits per heavy atom. The summed E-state index contributed by atoms with van der Waals surface area (Å²) in [5.41, 5.74) is 8.04. The molecule has 0 aliphatic heterocycles. The van der Waals surface area contributed by atoms with Gasteiger partial charge in [0.1, 0.15) is 5.75 Å². The maximum Gasteiger partial charge on any atom is 0.125 e. The molecular weight excluding hydrogens is 266 g/mol. The van der Waals surface area contributed by atoms with Crippen LogP contribution in [0.15, 0.2) is 53.4 Å². The molecule has 2 nitrogen and oxygen atoms in total. The van der Waals surface area contributed by atoms with Crippen LogP contribution >= 0.6 is 11.8 Å². The molecule has 0 radical (unpaired) electrons. The molecule has 0 aliphatic carbocycles. The Hall–Kier alpha value is -1.45. The van der Waals surface area contributed by atoms with Crippen molar-refractivity contribution in [1.82, 2.24) is 0 Å². The van der Waals surface area contributed by atoms with E-state index in [-0.39, 0.29) is 0 Å². The normalized spacial score (nSPS) is 10.5. The van der Waals surface area contributed by atoms with Crippen LogP contribution in [0.3, 0.4) is 0 Å². The lowest BCUT2D eigenvalue weighted by Crippen LogP contribution is -2.08. The SMILES string of the molecule is Cc1cccc(CCN)c1OCCSc1ccccc1. The van der Waals surface area contributed by atoms with E-state index >= 15 is 0 Å². The molecule has 2 rings (SSSR count). The molecule has 0 atom stereocenters. The molecule has 0 fully saturated rings. The lowest BCUT2D eigenvalue weighted by molar-refractivity contribution is 0.338. The number of hydrogen-bond acceptors (Lipinski definition) is 3. The Balaban J connectivity index is 1.87. The molecule has 0 saturated heterocycles. The summed E-state index contributed by atoms with van der Waals surface area (Å²) in [6.07, 6.45) is 0.864. The summed E-state index contributed by atoms with van der Waals surface area (Å²) in [6, 6.07) is 16.6. The Morgan fingerprint density at radius 3 is 2.60 bits per heavy atom. The van der Waals surface area contributed by atoms with Gasteiger partial charge in [-0.15, -0.1) is 11.8 Å². The van der Waals surface area contributed by atoms with Crippen molar-refractivity contribution in [3.63, 3.8) is 0 Å². The second-order valence-corrected chi connectivity index (χ2v) is 5.78. The summed E-state index contributed by atoms with van der Waals surface area (Å²) in [7, 11) is 0. The van der Waals surface area contributed by atoms with Crippen molar-refractivity contribution in [2.45, 2.75) is 18.2 Å². The Bertz CT molecular complexity index is 528. The first-order valence-electron chi connectivity index (χ1n) is 6.90. The Morgan fingerprint density at radius 1 is 1.05 bits per heavy atom. The zero-order valence-electron chi connectivity index (χ0n) is 11.8. The fourth-order valence-corrected chi connectivity index (χ4v) is 2.84. The van der Waals surface area contributed by atoms with Crippen LogP contribution in [-0.2, 0) is 6.42 Å². The third-order valence-electron chi connectivity index (χ3n) is 3.05. The lowest BCUT2D eigenvalue weighted by Gasteiger charge is -2.13. The molecule has 2 N–H and O–H groups in total. The van der Waals surface area contributed by atoms with Gasteiger partial charge in [-0.3, -0.25) is 0 Å². The summed E-state index contributed by atoms with van der Waals surface area (Å²) >= 11 is 1.82. The van der Waals surface area contributed by atoms with Gasteiger partial charge in [0.15, 0.2) is 0 Å². The van der Waals surface area contributed by atoms with E-state index in [9.17, 15) is 0 Å². The number of aryl methyl sites for hydroxylation is 1. The number of para-hydroxylation sites is 1. The molecule has 0 heterocycles. The summed E-state index contributed by atoms with van der Waals surface area (Å²) in [5, 5.41) is 0. The zero-order chi connectivity index (χ0) is 14.2. The zero-order valence-corrected chi connectivity index (χ0v) is 12.7. The van der Waals surface area contributed by atoms with Crippen LogP contribution in [0.4, 0.5) is 0 Å². The first-order valence-corrected chi connectivity index (χ1v) is 7.89. The lowest BCUT2D eigenvalue weighted by atomic mass is 10.1. The van der Waals surface area contributed by atoms with E-state index in [1.54, 1.807) is 0 Å². The van der Waals surface area contributed by atoms with Crippen LogP contribution < -0.4 is 10.5 Å². The smallest absolute Gasteiger partial charge is 0.125 e. The molecule has 0 aromatic heterocycles. The van der Waals surface area contributed by atoms with Crippen molar-refractivity contribution in [2.24, 2.45) is 5.73 Å². The highest BCUT2D eigenvalue weighted by Crippen LogP contribution is 2.24. The van der Waals surface area contributed by atoms with Gasteiger partial charge in [-0.2, -0.15) is 0 Å². The molecule has 0 amide bonds. The van der Waals surface area contributed by atoms with E-state index in [2.05, 4.69) is 49.4 Å². The van der Waals surface area contributed by atoms with Crippen molar-refractivity contribution in [3.8, 4) is 5.75 Å². The summed E-state index contributed by atoms with van der Waals surface area (Å²) < 4.78 is 5.97. The highest BCUT2D eigenvalue weighted by molar-refractivity contribution is 7.99. The van der Waals surface area contributed by atoms with E-state index in [0.717, 1.165) is 17.9 Å². The predicted molar refractivity (Wildman–Crippen MR) is 86.6 cm³/mol.